The van der Waals surface area contributed by atoms with Crippen molar-refractivity contribution in [3.63, 3.8) is 0 Å². The Hall–Kier alpha value is -1.71. The lowest BCUT2D eigenvalue weighted by Crippen LogP contribution is -2.41. The average molecular weight is 236 g/mol. The Morgan fingerprint density at radius 3 is 2.59 bits per heavy atom. The summed E-state index contributed by atoms with van der Waals surface area (Å²) in [6, 6.07) is 7.68. The molecule has 2 amide bonds. The third-order valence-electron chi connectivity index (χ3n) is 2.75. The van der Waals surface area contributed by atoms with Crippen molar-refractivity contribution in [1.82, 2.24) is 10.6 Å². The third kappa shape index (κ3) is 3.37. The minimum Gasteiger partial charge on any atom is -0.496 e. The van der Waals surface area contributed by atoms with Crippen molar-refractivity contribution in [3.8, 4) is 5.75 Å². The highest BCUT2D eigenvalue weighted by atomic mass is 16.5. The third-order valence-corrected chi connectivity index (χ3v) is 2.75. The summed E-state index contributed by atoms with van der Waals surface area (Å²) in [5.41, 5.74) is 0.901. The van der Waals surface area contributed by atoms with Crippen molar-refractivity contribution >= 4 is 6.03 Å². The van der Waals surface area contributed by atoms with Gasteiger partial charge in [0.2, 0.25) is 0 Å². The summed E-state index contributed by atoms with van der Waals surface area (Å²) in [5.74, 6) is 0.844. The first kappa shape index (κ1) is 13.4. The summed E-state index contributed by atoms with van der Waals surface area (Å²) in [6.07, 6.45) is 0. The SMILES string of the molecule is CNC(=O)NCC(C)(C)c1ccccc1OC. The number of benzene rings is 1. The molecule has 4 heteroatoms. The van der Waals surface area contributed by atoms with E-state index < -0.39 is 0 Å². The van der Waals surface area contributed by atoms with Crippen molar-refractivity contribution in [2.75, 3.05) is 20.7 Å². The molecule has 94 valence electrons. The van der Waals surface area contributed by atoms with E-state index in [1.165, 1.54) is 0 Å². The summed E-state index contributed by atoms with van der Waals surface area (Å²) in [6.45, 7) is 4.69. The molecule has 4 nitrogen and oxygen atoms in total. The van der Waals surface area contributed by atoms with Gasteiger partial charge in [-0.1, -0.05) is 32.0 Å². The number of urea groups is 1. The lowest BCUT2D eigenvalue weighted by Gasteiger charge is -2.27. The molecule has 0 unspecified atom stereocenters. The second kappa shape index (κ2) is 5.57. The molecule has 0 aliphatic heterocycles. The van der Waals surface area contributed by atoms with Gasteiger partial charge in [0.1, 0.15) is 5.75 Å². The minimum absolute atomic E-state index is 0.173. The normalized spacial score (nSPS) is 10.8. The number of rotatable bonds is 4. The zero-order chi connectivity index (χ0) is 12.9. The van der Waals surface area contributed by atoms with E-state index in [4.69, 9.17) is 4.74 Å². The molecule has 0 saturated heterocycles. The molecular formula is C13H20N2O2. The van der Waals surface area contributed by atoms with E-state index in [2.05, 4.69) is 24.5 Å². The summed E-state index contributed by atoms with van der Waals surface area (Å²) in [7, 11) is 3.26. The minimum atomic E-state index is -0.181. The molecule has 0 atom stereocenters. The van der Waals surface area contributed by atoms with Crippen LogP contribution in [0.5, 0.6) is 5.75 Å². The molecule has 1 aromatic carbocycles. The van der Waals surface area contributed by atoms with E-state index >= 15 is 0 Å². The Morgan fingerprint density at radius 2 is 2.00 bits per heavy atom. The van der Waals surface area contributed by atoms with E-state index in [1.54, 1.807) is 14.2 Å². The van der Waals surface area contributed by atoms with E-state index in [0.717, 1.165) is 11.3 Å². The van der Waals surface area contributed by atoms with Crippen LogP contribution < -0.4 is 15.4 Å². The molecule has 0 aliphatic carbocycles. The number of amides is 2. The van der Waals surface area contributed by atoms with Gasteiger partial charge in [-0.15, -0.1) is 0 Å². The molecule has 2 N–H and O–H groups in total. The predicted octanol–water partition coefficient (Wildman–Crippen LogP) is 1.90. The molecule has 0 saturated carbocycles. The van der Waals surface area contributed by atoms with Crippen molar-refractivity contribution in [3.05, 3.63) is 29.8 Å². The second-order valence-electron chi connectivity index (χ2n) is 4.52. The van der Waals surface area contributed by atoms with Crippen molar-refractivity contribution in [1.29, 1.82) is 0 Å². The lowest BCUT2D eigenvalue weighted by atomic mass is 9.84. The van der Waals surface area contributed by atoms with E-state index in [-0.39, 0.29) is 11.4 Å². The topological polar surface area (TPSA) is 50.4 Å². The molecule has 0 aromatic heterocycles. The van der Waals surface area contributed by atoms with Crippen molar-refractivity contribution < 1.29 is 9.53 Å². The summed E-state index contributed by atoms with van der Waals surface area (Å²) in [4.78, 5) is 11.2. The largest absolute Gasteiger partial charge is 0.496 e. The molecule has 1 aromatic rings. The number of ether oxygens (including phenoxy) is 1. The lowest BCUT2D eigenvalue weighted by molar-refractivity contribution is 0.240. The van der Waals surface area contributed by atoms with Crippen LogP contribution in [0.4, 0.5) is 4.79 Å². The van der Waals surface area contributed by atoms with Gasteiger partial charge in [-0.2, -0.15) is 0 Å². The number of hydrogen-bond acceptors (Lipinski definition) is 2. The molecule has 0 radical (unpaired) electrons. The first-order valence-corrected chi connectivity index (χ1v) is 5.60. The van der Waals surface area contributed by atoms with Gasteiger partial charge < -0.3 is 15.4 Å². The van der Waals surface area contributed by atoms with Gasteiger partial charge in [-0.3, -0.25) is 0 Å². The molecule has 0 spiro atoms. The fraction of sp³-hybridized carbons (Fsp3) is 0.462. The first-order chi connectivity index (χ1) is 8.01. The molecule has 0 aliphatic rings. The Labute approximate surface area is 102 Å². The van der Waals surface area contributed by atoms with Gasteiger partial charge in [-0.05, 0) is 6.07 Å². The predicted molar refractivity (Wildman–Crippen MR) is 68.5 cm³/mol. The van der Waals surface area contributed by atoms with E-state index in [1.807, 2.05) is 24.3 Å². The van der Waals surface area contributed by atoms with Crippen LogP contribution in [-0.2, 0) is 5.41 Å². The number of carbonyl (C=O) groups is 1. The van der Waals surface area contributed by atoms with Crippen LogP contribution in [0, 0.1) is 0 Å². The maximum Gasteiger partial charge on any atom is 0.314 e. The monoisotopic (exact) mass is 236 g/mol. The standard InChI is InChI=1S/C13H20N2O2/c1-13(2,9-15-12(16)14-3)10-7-5-6-8-11(10)17-4/h5-8H,9H2,1-4H3,(H2,14,15,16). The maximum absolute atomic E-state index is 11.2. The first-order valence-electron chi connectivity index (χ1n) is 5.60. The van der Waals surface area contributed by atoms with Crippen LogP contribution >= 0.6 is 0 Å². The van der Waals surface area contributed by atoms with Crippen LogP contribution in [0.3, 0.4) is 0 Å². The Bertz CT molecular complexity index is 389. The molecule has 0 bridgehead atoms. The zero-order valence-corrected chi connectivity index (χ0v) is 10.8. The highest BCUT2D eigenvalue weighted by Crippen LogP contribution is 2.30. The van der Waals surface area contributed by atoms with Crippen LogP contribution in [0.15, 0.2) is 24.3 Å². The van der Waals surface area contributed by atoms with E-state index in [0.29, 0.717) is 6.54 Å². The summed E-state index contributed by atoms with van der Waals surface area (Å²) in [5, 5.41) is 5.35. The Morgan fingerprint density at radius 1 is 1.35 bits per heavy atom. The quantitative estimate of drug-likeness (QED) is 0.839. The van der Waals surface area contributed by atoms with Crippen LogP contribution in [0.1, 0.15) is 19.4 Å². The fourth-order valence-electron chi connectivity index (χ4n) is 1.69. The van der Waals surface area contributed by atoms with Gasteiger partial charge in [0.15, 0.2) is 0 Å². The van der Waals surface area contributed by atoms with Gasteiger partial charge in [-0.25, -0.2) is 4.79 Å². The van der Waals surface area contributed by atoms with Crippen LogP contribution in [0.25, 0.3) is 0 Å². The zero-order valence-electron chi connectivity index (χ0n) is 10.8. The van der Waals surface area contributed by atoms with Crippen LogP contribution in [0.2, 0.25) is 0 Å². The van der Waals surface area contributed by atoms with Gasteiger partial charge in [0.05, 0.1) is 7.11 Å². The molecule has 0 fully saturated rings. The van der Waals surface area contributed by atoms with Gasteiger partial charge >= 0.3 is 6.03 Å². The smallest absolute Gasteiger partial charge is 0.314 e. The van der Waals surface area contributed by atoms with Crippen molar-refractivity contribution in [2.45, 2.75) is 19.3 Å². The van der Waals surface area contributed by atoms with Crippen LogP contribution in [-0.4, -0.2) is 26.7 Å². The fourth-order valence-corrected chi connectivity index (χ4v) is 1.69. The maximum atomic E-state index is 11.2. The highest BCUT2D eigenvalue weighted by molar-refractivity contribution is 5.73. The summed E-state index contributed by atoms with van der Waals surface area (Å²) >= 11 is 0. The number of nitrogens with one attached hydrogen (secondary N) is 2. The summed E-state index contributed by atoms with van der Waals surface area (Å²) < 4.78 is 5.34. The van der Waals surface area contributed by atoms with Gasteiger partial charge in [0.25, 0.3) is 0 Å². The van der Waals surface area contributed by atoms with Crippen molar-refractivity contribution in [2.24, 2.45) is 0 Å². The number of para-hydroxylation sites is 1. The van der Waals surface area contributed by atoms with Gasteiger partial charge in [0, 0.05) is 24.6 Å². The average Bonchev–Trinajstić information content (AvgIpc) is 2.35. The molecule has 0 heterocycles. The Balaban J connectivity index is 2.84. The second-order valence-corrected chi connectivity index (χ2v) is 4.52. The number of methoxy groups -OCH3 is 1. The molecule has 17 heavy (non-hydrogen) atoms. The molecular weight excluding hydrogens is 216 g/mol. The van der Waals surface area contributed by atoms with E-state index in [9.17, 15) is 4.79 Å². The number of carbonyl (C=O) groups excluding carboxylic acids is 1. The molecule has 1 rings (SSSR count). The number of hydrogen-bond donors (Lipinski definition) is 2. The highest BCUT2D eigenvalue weighted by Gasteiger charge is 2.24. The Kier molecular flexibility index (Phi) is 4.37.